The Labute approximate surface area is 208 Å². The fourth-order valence-electron chi connectivity index (χ4n) is 4.52. The van der Waals surface area contributed by atoms with Crippen molar-refractivity contribution in [2.75, 3.05) is 25.0 Å². The van der Waals surface area contributed by atoms with E-state index in [0.717, 1.165) is 0 Å². The molecule has 1 heterocycles. The van der Waals surface area contributed by atoms with Crippen LogP contribution in [0.1, 0.15) is 24.0 Å². The summed E-state index contributed by atoms with van der Waals surface area (Å²) in [4.78, 5) is 12.0. The highest BCUT2D eigenvalue weighted by molar-refractivity contribution is 8.31. The van der Waals surface area contributed by atoms with Gasteiger partial charge in [-0.15, -0.1) is 10.2 Å². The van der Waals surface area contributed by atoms with Crippen molar-refractivity contribution in [2.24, 2.45) is 0 Å². The van der Waals surface area contributed by atoms with Crippen LogP contribution in [0.2, 0.25) is 0 Å². The lowest BCUT2D eigenvalue weighted by Crippen LogP contribution is -2.42. The van der Waals surface area contributed by atoms with Crippen molar-refractivity contribution in [1.82, 2.24) is 4.31 Å². The lowest BCUT2D eigenvalue weighted by molar-refractivity contribution is -0.136. The summed E-state index contributed by atoms with van der Waals surface area (Å²) in [5, 5.41) is 30.9. The zero-order chi connectivity index (χ0) is 26.1. The molecule has 194 valence electrons. The second-order valence-corrected chi connectivity index (χ2v) is 12.1. The van der Waals surface area contributed by atoms with Crippen molar-refractivity contribution in [2.45, 2.75) is 37.0 Å². The van der Waals surface area contributed by atoms with Crippen LogP contribution < -0.4 is 4.74 Å². The van der Waals surface area contributed by atoms with Gasteiger partial charge in [-0.25, -0.2) is 13.2 Å². The van der Waals surface area contributed by atoms with E-state index in [0.29, 0.717) is 38.3 Å². The quantitative estimate of drug-likeness (QED) is 0.366. The van der Waals surface area contributed by atoms with Crippen molar-refractivity contribution in [3.8, 4) is 11.5 Å². The van der Waals surface area contributed by atoms with Crippen LogP contribution in [-0.2, 0) is 11.2 Å². The Bertz CT molecular complexity index is 1250. The summed E-state index contributed by atoms with van der Waals surface area (Å²) >= 11 is 0. The number of hydrogen-bond acceptors (Lipinski definition) is 5. The summed E-state index contributed by atoms with van der Waals surface area (Å²) in [5.74, 6) is -4.26. The molecular formula is C26H28F3NO5S. The molecule has 1 fully saturated rings. The SMILES string of the molecule is Cc1c(CC(=O)O)cc2ccc(F)cc2c1Oc1ccc(S(CO)(CO)N2CCC(F)(F)CC2)cc1. The van der Waals surface area contributed by atoms with Crippen molar-refractivity contribution >= 4 is 27.0 Å². The average molecular weight is 524 g/mol. The number of alkyl halides is 2. The first kappa shape index (κ1) is 26.3. The van der Waals surface area contributed by atoms with E-state index >= 15 is 0 Å². The molecule has 3 aromatic rings. The third-order valence-electron chi connectivity index (χ3n) is 6.61. The topological polar surface area (TPSA) is 90.2 Å². The Hall–Kier alpha value is -2.79. The van der Waals surface area contributed by atoms with Crippen molar-refractivity contribution in [3.05, 3.63) is 65.5 Å². The minimum Gasteiger partial charge on any atom is -0.481 e. The largest absolute Gasteiger partial charge is 0.481 e. The fraction of sp³-hybridized carbons (Fsp3) is 0.346. The van der Waals surface area contributed by atoms with Crippen LogP contribution >= 0.6 is 10.2 Å². The van der Waals surface area contributed by atoms with Crippen LogP contribution in [0.4, 0.5) is 13.2 Å². The van der Waals surface area contributed by atoms with E-state index in [1.54, 1.807) is 47.6 Å². The van der Waals surface area contributed by atoms with Gasteiger partial charge < -0.3 is 20.1 Å². The first-order chi connectivity index (χ1) is 17.1. The molecule has 3 aromatic carbocycles. The maximum atomic E-state index is 14.0. The summed E-state index contributed by atoms with van der Waals surface area (Å²) in [6.45, 7) is 1.84. The number of carboxylic acids is 1. The molecule has 0 atom stereocenters. The maximum absolute atomic E-state index is 14.0. The van der Waals surface area contributed by atoms with Gasteiger partial charge in [-0.05, 0) is 59.8 Å². The highest BCUT2D eigenvalue weighted by Crippen LogP contribution is 2.59. The number of rotatable bonds is 8. The molecule has 3 N–H and O–H groups in total. The highest BCUT2D eigenvalue weighted by atomic mass is 32.3. The smallest absolute Gasteiger partial charge is 0.307 e. The van der Waals surface area contributed by atoms with E-state index < -0.39 is 27.9 Å². The molecule has 6 nitrogen and oxygen atoms in total. The molecule has 0 bridgehead atoms. The second kappa shape index (κ2) is 10.3. The molecule has 0 radical (unpaired) electrons. The standard InChI is InChI=1S/C26H28F3NO5S/c1-17-19(13-24(33)34)12-18-2-3-20(27)14-23(18)25(17)35-21-4-6-22(7-5-21)36(15-31,16-32)30-10-8-26(28,29)9-11-30/h2-7,12,14,31-32H,8-11,13,15-16H2,1H3,(H,33,34). The van der Waals surface area contributed by atoms with Gasteiger partial charge in [-0.2, -0.15) is 0 Å². The molecule has 0 spiro atoms. The van der Waals surface area contributed by atoms with Crippen LogP contribution in [0.3, 0.4) is 0 Å². The number of fused-ring (bicyclic) bond motifs is 1. The Morgan fingerprint density at radius 3 is 2.28 bits per heavy atom. The van der Waals surface area contributed by atoms with E-state index in [-0.39, 0.29) is 44.2 Å². The Balaban J connectivity index is 1.68. The van der Waals surface area contributed by atoms with Crippen LogP contribution in [0, 0.1) is 12.7 Å². The summed E-state index contributed by atoms with van der Waals surface area (Å²) in [6.07, 6.45) is -0.890. The van der Waals surface area contributed by atoms with Gasteiger partial charge in [0.15, 0.2) is 0 Å². The molecule has 10 heteroatoms. The van der Waals surface area contributed by atoms with Gasteiger partial charge in [0.25, 0.3) is 5.92 Å². The summed E-state index contributed by atoms with van der Waals surface area (Å²) < 4.78 is 49.3. The molecular weight excluding hydrogens is 495 g/mol. The molecule has 1 aliphatic rings. The van der Waals surface area contributed by atoms with E-state index in [1.807, 2.05) is 0 Å². The number of aliphatic hydroxyl groups excluding tert-OH is 2. The van der Waals surface area contributed by atoms with E-state index in [4.69, 9.17) is 4.74 Å². The number of nitrogens with zero attached hydrogens (tertiary/aromatic N) is 1. The van der Waals surface area contributed by atoms with Crippen LogP contribution in [-0.4, -0.2) is 56.5 Å². The van der Waals surface area contributed by atoms with Crippen molar-refractivity contribution in [1.29, 1.82) is 0 Å². The number of aliphatic hydroxyl groups is 2. The summed E-state index contributed by atoms with van der Waals surface area (Å²) in [5.41, 5.74) is 1.11. The molecule has 0 amide bonds. The number of carbonyl (C=O) groups is 1. The number of hydrogen-bond donors (Lipinski definition) is 3. The van der Waals surface area contributed by atoms with Gasteiger partial charge in [0, 0.05) is 36.2 Å². The molecule has 1 saturated heterocycles. The Kier molecular flexibility index (Phi) is 7.51. The van der Waals surface area contributed by atoms with E-state index in [9.17, 15) is 33.3 Å². The molecule has 0 aromatic heterocycles. The Morgan fingerprint density at radius 2 is 1.69 bits per heavy atom. The maximum Gasteiger partial charge on any atom is 0.307 e. The van der Waals surface area contributed by atoms with Crippen LogP contribution in [0.5, 0.6) is 11.5 Å². The predicted octanol–water partition coefficient (Wildman–Crippen LogP) is 5.42. The van der Waals surface area contributed by atoms with Gasteiger partial charge in [-0.3, -0.25) is 9.10 Å². The molecule has 0 aliphatic carbocycles. The lowest BCUT2D eigenvalue weighted by Gasteiger charge is -2.49. The number of ether oxygens (including phenoxy) is 1. The van der Waals surface area contributed by atoms with Crippen LogP contribution in [0.25, 0.3) is 10.8 Å². The normalized spacial score (nSPS) is 16.7. The molecule has 0 saturated carbocycles. The number of carboxylic acid groups (broad SMARTS) is 1. The highest BCUT2D eigenvalue weighted by Gasteiger charge is 2.41. The monoisotopic (exact) mass is 523 g/mol. The Morgan fingerprint density at radius 1 is 1.06 bits per heavy atom. The van der Waals surface area contributed by atoms with Gasteiger partial charge in [0.05, 0.1) is 18.3 Å². The van der Waals surface area contributed by atoms with Crippen molar-refractivity contribution in [3.63, 3.8) is 0 Å². The third kappa shape index (κ3) is 5.17. The number of piperidine rings is 1. The second-order valence-electron chi connectivity index (χ2n) is 8.88. The molecule has 4 rings (SSSR count). The summed E-state index contributed by atoms with van der Waals surface area (Å²) in [6, 6.07) is 12.5. The first-order valence-corrected chi connectivity index (χ1v) is 13.4. The van der Waals surface area contributed by atoms with Gasteiger partial charge in [0.1, 0.15) is 17.3 Å². The zero-order valence-electron chi connectivity index (χ0n) is 19.7. The predicted molar refractivity (Wildman–Crippen MR) is 132 cm³/mol. The van der Waals surface area contributed by atoms with Gasteiger partial charge in [-0.1, -0.05) is 12.1 Å². The fourth-order valence-corrected chi connectivity index (χ4v) is 7.05. The zero-order valence-corrected chi connectivity index (χ0v) is 20.5. The number of aliphatic carboxylic acids is 1. The lowest BCUT2D eigenvalue weighted by atomic mass is 9.98. The minimum atomic E-state index is -2.75. The average Bonchev–Trinajstić information content (AvgIpc) is 2.84. The van der Waals surface area contributed by atoms with Gasteiger partial charge in [0.2, 0.25) is 0 Å². The van der Waals surface area contributed by atoms with Crippen LogP contribution in [0.15, 0.2) is 53.4 Å². The van der Waals surface area contributed by atoms with E-state index in [1.165, 1.54) is 12.1 Å². The summed E-state index contributed by atoms with van der Waals surface area (Å²) in [7, 11) is -2.32. The van der Waals surface area contributed by atoms with E-state index in [2.05, 4.69) is 0 Å². The molecule has 36 heavy (non-hydrogen) atoms. The number of halogens is 3. The van der Waals surface area contributed by atoms with Gasteiger partial charge >= 0.3 is 5.97 Å². The third-order valence-corrected chi connectivity index (χ3v) is 9.97. The van der Waals surface area contributed by atoms with Crippen molar-refractivity contribution < 1.29 is 38.0 Å². The number of benzene rings is 3. The first-order valence-electron chi connectivity index (χ1n) is 11.4. The molecule has 0 unspecified atom stereocenters. The minimum absolute atomic E-state index is 0.0643. The molecule has 1 aliphatic heterocycles.